The summed E-state index contributed by atoms with van der Waals surface area (Å²) in [6.45, 7) is 3.93. The molecule has 2 heterocycles. The van der Waals surface area contributed by atoms with E-state index in [9.17, 15) is 9.59 Å². The number of amides is 2. The van der Waals surface area contributed by atoms with Crippen LogP contribution in [0.25, 0.3) is 0 Å². The van der Waals surface area contributed by atoms with Gasteiger partial charge in [0.1, 0.15) is 17.6 Å². The number of halogens is 1. The van der Waals surface area contributed by atoms with Crippen LogP contribution in [0.3, 0.4) is 0 Å². The van der Waals surface area contributed by atoms with Gasteiger partial charge in [0.2, 0.25) is 5.91 Å². The molecule has 8 heteroatoms. The van der Waals surface area contributed by atoms with Gasteiger partial charge < -0.3 is 19.4 Å². The number of carbonyl (C=O) groups is 2. The van der Waals surface area contributed by atoms with Crippen LogP contribution in [0.15, 0.2) is 65.1 Å². The number of ether oxygens (including phenoxy) is 1. The molecule has 1 unspecified atom stereocenters. The minimum absolute atomic E-state index is 0.128. The second kappa shape index (κ2) is 10.1. The number of nitrogens with one attached hydrogen (secondary N) is 1. The van der Waals surface area contributed by atoms with Crippen LogP contribution in [-0.4, -0.2) is 54.9 Å². The normalized spacial score (nSPS) is 15.2. The first-order valence-corrected chi connectivity index (χ1v) is 11.1. The van der Waals surface area contributed by atoms with Crippen molar-refractivity contribution in [3.63, 3.8) is 0 Å². The molecule has 1 saturated heterocycles. The Labute approximate surface area is 197 Å². The lowest BCUT2D eigenvalue weighted by molar-refractivity contribution is -0.122. The monoisotopic (exact) mass is 467 g/mol. The molecule has 4 rings (SSSR count). The van der Waals surface area contributed by atoms with E-state index in [-0.39, 0.29) is 11.8 Å². The molecule has 33 heavy (non-hydrogen) atoms. The summed E-state index contributed by atoms with van der Waals surface area (Å²) < 4.78 is 10.7. The largest absolute Gasteiger partial charge is 0.495 e. The molecule has 0 aliphatic carbocycles. The molecule has 2 aromatic carbocycles. The fourth-order valence-corrected chi connectivity index (χ4v) is 4.26. The van der Waals surface area contributed by atoms with E-state index < -0.39 is 6.04 Å². The Balaban J connectivity index is 1.49. The highest BCUT2D eigenvalue weighted by atomic mass is 35.5. The lowest BCUT2D eigenvalue weighted by Crippen LogP contribution is -2.51. The van der Waals surface area contributed by atoms with Gasteiger partial charge in [-0.3, -0.25) is 14.5 Å². The standard InChI is InChI=1S/C25H26ClN3O4/c1-17-8-10-22(33-17)25(31)29-14-12-28(13-15-29)23(18-6-4-3-5-7-18)24(30)27-19-9-11-21(32-2)20(26)16-19/h3-11,16,23H,12-15H2,1-2H3,(H,27,30). The van der Waals surface area contributed by atoms with Gasteiger partial charge in [0, 0.05) is 31.9 Å². The summed E-state index contributed by atoms with van der Waals surface area (Å²) in [6, 6.07) is 17.7. The number of hydrogen-bond acceptors (Lipinski definition) is 5. The van der Waals surface area contributed by atoms with E-state index >= 15 is 0 Å². The summed E-state index contributed by atoms with van der Waals surface area (Å²) in [5.74, 6) is 1.30. The number of methoxy groups -OCH3 is 1. The van der Waals surface area contributed by atoms with E-state index in [0.717, 1.165) is 5.56 Å². The molecular formula is C25H26ClN3O4. The molecule has 0 saturated carbocycles. The first kappa shape index (κ1) is 22.9. The molecule has 1 atom stereocenters. The molecule has 0 spiro atoms. The Hall–Kier alpha value is -3.29. The van der Waals surface area contributed by atoms with Gasteiger partial charge in [0.05, 0.1) is 12.1 Å². The number of rotatable bonds is 6. The smallest absolute Gasteiger partial charge is 0.289 e. The highest BCUT2D eigenvalue weighted by molar-refractivity contribution is 6.32. The van der Waals surface area contributed by atoms with Gasteiger partial charge in [-0.1, -0.05) is 41.9 Å². The number of anilines is 1. The predicted octanol–water partition coefficient (Wildman–Crippen LogP) is 4.39. The maximum absolute atomic E-state index is 13.4. The van der Waals surface area contributed by atoms with Crippen LogP contribution in [0.1, 0.15) is 27.9 Å². The second-order valence-electron chi connectivity index (χ2n) is 7.89. The van der Waals surface area contributed by atoms with E-state index in [2.05, 4.69) is 10.2 Å². The number of carbonyl (C=O) groups excluding carboxylic acids is 2. The van der Waals surface area contributed by atoms with Gasteiger partial charge >= 0.3 is 0 Å². The van der Waals surface area contributed by atoms with Crippen LogP contribution in [0, 0.1) is 6.92 Å². The van der Waals surface area contributed by atoms with E-state index in [4.69, 9.17) is 20.8 Å². The average molecular weight is 468 g/mol. The molecule has 7 nitrogen and oxygen atoms in total. The van der Waals surface area contributed by atoms with Gasteiger partial charge in [0.15, 0.2) is 5.76 Å². The van der Waals surface area contributed by atoms with Crippen molar-refractivity contribution in [2.24, 2.45) is 0 Å². The van der Waals surface area contributed by atoms with Crippen molar-refractivity contribution in [3.05, 3.63) is 82.8 Å². The summed E-state index contributed by atoms with van der Waals surface area (Å²) in [5, 5.41) is 3.40. The molecular weight excluding hydrogens is 442 g/mol. The molecule has 1 aromatic heterocycles. The van der Waals surface area contributed by atoms with Gasteiger partial charge in [-0.2, -0.15) is 0 Å². The van der Waals surface area contributed by atoms with Gasteiger partial charge in [-0.25, -0.2) is 0 Å². The summed E-state index contributed by atoms with van der Waals surface area (Å²) in [7, 11) is 1.54. The number of piperazine rings is 1. The Morgan fingerprint density at radius 2 is 1.76 bits per heavy atom. The maximum atomic E-state index is 13.4. The van der Waals surface area contributed by atoms with Crippen molar-refractivity contribution in [2.45, 2.75) is 13.0 Å². The lowest BCUT2D eigenvalue weighted by atomic mass is 10.0. The Bertz CT molecular complexity index is 1120. The topological polar surface area (TPSA) is 75.0 Å². The fraction of sp³-hybridized carbons (Fsp3) is 0.280. The first-order valence-electron chi connectivity index (χ1n) is 10.8. The third-order valence-electron chi connectivity index (χ3n) is 5.70. The first-order chi connectivity index (χ1) is 16.0. The Morgan fingerprint density at radius 1 is 1.03 bits per heavy atom. The highest BCUT2D eigenvalue weighted by Crippen LogP contribution is 2.29. The lowest BCUT2D eigenvalue weighted by Gasteiger charge is -2.38. The van der Waals surface area contributed by atoms with Crippen molar-refractivity contribution < 1.29 is 18.7 Å². The Kier molecular flexibility index (Phi) is 7.01. The van der Waals surface area contributed by atoms with E-state index in [0.29, 0.717) is 54.2 Å². The van der Waals surface area contributed by atoms with Crippen molar-refractivity contribution in [1.29, 1.82) is 0 Å². The van der Waals surface area contributed by atoms with Gasteiger partial charge in [-0.05, 0) is 42.8 Å². The molecule has 1 fully saturated rings. The van der Waals surface area contributed by atoms with E-state index in [1.807, 2.05) is 37.3 Å². The van der Waals surface area contributed by atoms with Crippen LogP contribution in [0.5, 0.6) is 5.75 Å². The minimum Gasteiger partial charge on any atom is -0.495 e. The molecule has 2 amide bonds. The SMILES string of the molecule is COc1ccc(NC(=O)C(c2ccccc2)N2CCN(C(=O)c3ccc(C)o3)CC2)cc1Cl. The zero-order valence-corrected chi connectivity index (χ0v) is 19.3. The number of hydrogen-bond donors (Lipinski definition) is 1. The minimum atomic E-state index is -0.504. The molecule has 3 aromatic rings. The van der Waals surface area contributed by atoms with Crippen LogP contribution in [0.2, 0.25) is 5.02 Å². The van der Waals surface area contributed by atoms with Crippen LogP contribution in [0.4, 0.5) is 5.69 Å². The third-order valence-corrected chi connectivity index (χ3v) is 6.00. The van der Waals surface area contributed by atoms with Crippen molar-refractivity contribution in [3.8, 4) is 5.75 Å². The van der Waals surface area contributed by atoms with E-state index in [1.165, 1.54) is 0 Å². The third kappa shape index (κ3) is 5.21. The Morgan fingerprint density at radius 3 is 2.36 bits per heavy atom. The molecule has 1 N–H and O–H groups in total. The molecule has 1 aliphatic rings. The zero-order valence-electron chi connectivity index (χ0n) is 18.6. The molecule has 172 valence electrons. The summed E-state index contributed by atoms with van der Waals surface area (Å²) in [5.41, 5.74) is 1.48. The van der Waals surface area contributed by atoms with Crippen LogP contribution < -0.4 is 10.1 Å². The zero-order chi connectivity index (χ0) is 23.4. The summed E-state index contributed by atoms with van der Waals surface area (Å²) in [4.78, 5) is 30.0. The van der Waals surface area contributed by atoms with Crippen molar-refractivity contribution >= 4 is 29.1 Å². The van der Waals surface area contributed by atoms with Gasteiger partial charge in [-0.15, -0.1) is 0 Å². The average Bonchev–Trinajstić information content (AvgIpc) is 3.26. The van der Waals surface area contributed by atoms with Crippen molar-refractivity contribution in [2.75, 3.05) is 38.6 Å². The number of nitrogens with zero attached hydrogens (tertiary/aromatic N) is 2. The number of aryl methyl sites for hydroxylation is 1. The number of furan rings is 1. The quantitative estimate of drug-likeness (QED) is 0.582. The van der Waals surface area contributed by atoms with Crippen LogP contribution in [-0.2, 0) is 4.79 Å². The highest BCUT2D eigenvalue weighted by Gasteiger charge is 2.32. The van der Waals surface area contributed by atoms with Crippen LogP contribution >= 0.6 is 11.6 Å². The predicted molar refractivity (Wildman–Crippen MR) is 127 cm³/mol. The molecule has 1 aliphatic heterocycles. The molecule has 0 bridgehead atoms. The summed E-state index contributed by atoms with van der Waals surface area (Å²) in [6.07, 6.45) is 0. The maximum Gasteiger partial charge on any atom is 0.289 e. The fourth-order valence-electron chi connectivity index (χ4n) is 4.01. The number of benzene rings is 2. The van der Waals surface area contributed by atoms with Gasteiger partial charge in [0.25, 0.3) is 5.91 Å². The molecule has 0 radical (unpaired) electrons. The van der Waals surface area contributed by atoms with E-state index in [1.54, 1.807) is 42.3 Å². The summed E-state index contributed by atoms with van der Waals surface area (Å²) >= 11 is 6.22. The van der Waals surface area contributed by atoms with Crippen molar-refractivity contribution in [1.82, 2.24) is 9.80 Å². The second-order valence-corrected chi connectivity index (χ2v) is 8.30.